The number of hydrogen-bond acceptors (Lipinski definition) is 3. The van der Waals surface area contributed by atoms with E-state index >= 15 is 0 Å². The average Bonchev–Trinajstić information content (AvgIpc) is 2.59. The maximum atomic E-state index is 6.83. The highest BCUT2D eigenvalue weighted by Gasteiger charge is 2.46. The van der Waals surface area contributed by atoms with Crippen LogP contribution in [0.15, 0.2) is 0 Å². The summed E-state index contributed by atoms with van der Waals surface area (Å²) in [6.07, 6.45) is 5.36. The molecule has 0 radical (unpaired) electrons. The Hall–Kier alpha value is -0.120. The third-order valence-corrected chi connectivity index (χ3v) is 7.34. The Kier molecular flexibility index (Phi) is 9.60. The quantitative estimate of drug-likeness (QED) is 0.459. The fourth-order valence-electron chi connectivity index (χ4n) is 4.80. The van der Waals surface area contributed by atoms with Gasteiger partial charge in [0.25, 0.3) is 0 Å². The second-order valence-corrected chi connectivity index (χ2v) is 9.91. The van der Waals surface area contributed by atoms with Crippen molar-refractivity contribution in [3.8, 4) is 0 Å². The molecule has 0 aromatic rings. The summed E-state index contributed by atoms with van der Waals surface area (Å²) >= 11 is 0. The van der Waals surface area contributed by atoms with Gasteiger partial charge in [-0.25, -0.2) is 0 Å². The molecule has 0 aromatic carbocycles. The van der Waals surface area contributed by atoms with Gasteiger partial charge < -0.3 is 14.2 Å². The first-order valence-electron chi connectivity index (χ1n) is 10.7. The molecule has 3 heteroatoms. The van der Waals surface area contributed by atoms with Crippen LogP contribution in [0.5, 0.6) is 0 Å². The Morgan fingerprint density at radius 1 is 0.846 bits per heavy atom. The lowest BCUT2D eigenvalue weighted by Gasteiger charge is -2.48. The highest BCUT2D eigenvalue weighted by molar-refractivity contribution is 4.94. The minimum absolute atomic E-state index is 0.0916. The molecule has 156 valence electrons. The van der Waals surface area contributed by atoms with Crippen LogP contribution < -0.4 is 0 Å². The van der Waals surface area contributed by atoms with Crippen molar-refractivity contribution < 1.29 is 14.2 Å². The van der Waals surface area contributed by atoms with Gasteiger partial charge in [-0.05, 0) is 41.9 Å². The van der Waals surface area contributed by atoms with Gasteiger partial charge in [0.15, 0.2) is 0 Å². The van der Waals surface area contributed by atoms with E-state index < -0.39 is 0 Å². The molecule has 1 aliphatic carbocycles. The lowest BCUT2D eigenvalue weighted by atomic mass is 9.64. The molecule has 3 nitrogen and oxygen atoms in total. The molecular weight excluding hydrogens is 324 g/mol. The van der Waals surface area contributed by atoms with Gasteiger partial charge in [0, 0.05) is 19.6 Å². The molecule has 1 fully saturated rings. The van der Waals surface area contributed by atoms with Gasteiger partial charge in [-0.1, -0.05) is 61.3 Å². The van der Waals surface area contributed by atoms with Crippen LogP contribution in [0.4, 0.5) is 0 Å². The van der Waals surface area contributed by atoms with Crippen molar-refractivity contribution in [3.05, 3.63) is 0 Å². The summed E-state index contributed by atoms with van der Waals surface area (Å²) < 4.78 is 18.2. The summed E-state index contributed by atoms with van der Waals surface area (Å²) in [6.45, 7) is 18.4. The Morgan fingerprint density at radius 3 is 1.65 bits per heavy atom. The Balaban J connectivity index is 3.08. The van der Waals surface area contributed by atoms with E-state index in [-0.39, 0.29) is 10.8 Å². The predicted octanol–water partition coefficient (Wildman–Crippen LogP) is 5.82. The minimum atomic E-state index is -0.119. The topological polar surface area (TPSA) is 27.7 Å². The van der Waals surface area contributed by atoms with Crippen LogP contribution in [0.3, 0.4) is 0 Å². The van der Waals surface area contributed by atoms with Crippen molar-refractivity contribution >= 4 is 0 Å². The molecule has 0 heterocycles. The van der Waals surface area contributed by atoms with Crippen molar-refractivity contribution in [1.29, 1.82) is 0 Å². The summed E-state index contributed by atoms with van der Waals surface area (Å²) in [7, 11) is 3.59. The molecule has 0 amide bonds. The summed E-state index contributed by atoms with van der Waals surface area (Å²) in [6, 6.07) is 0. The molecule has 0 aromatic heterocycles. The van der Waals surface area contributed by atoms with Crippen molar-refractivity contribution in [3.63, 3.8) is 0 Å². The van der Waals surface area contributed by atoms with Crippen molar-refractivity contribution in [2.24, 2.45) is 34.5 Å². The standard InChI is InChI=1S/C23H46O3/c1-10-22(6,7)23(14-24-8,15-25-9)16-26-21-19(17(2)3)12-11-13-20(21)18(4)5/h17-21H,10-16H2,1-9H3. The molecule has 2 atom stereocenters. The number of rotatable bonds is 11. The zero-order valence-corrected chi connectivity index (χ0v) is 19.1. The van der Waals surface area contributed by atoms with Crippen molar-refractivity contribution in [2.75, 3.05) is 34.0 Å². The van der Waals surface area contributed by atoms with Gasteiger partial charge in [0.2, 0.25) is 0 Å². The van der Waals surface area contributed by atoms with E-state index in [1.165, 1.54) is 19.3 Å². The number of methoxy groups -OCH3 is 2. The summed E-state index contributed by atoms with van der Waals surface area (Å²) in [5.41, 5.74) is -0.0277. The normalized spacial score (nSPS) is 25.3. The highest BCUT2D eigenvalue weighted by Crippen LogP contribution is 2.45. The third kappa shape index (κ3) is 5.45. The van der Waals surface area contributed by atoms with Gasteiger partial charge in [0.1, 0.15) is 0 Å². The van der Waals surface area contributed by atoms with Crippen LogP contribution in [-0.2, 0) is 14.2 Å². The lowest BCUT2D eigenvalue weighted by molar-refractivity contribution is -0.160. The van der Waals surface area contributed by atoms with E-state index in [0.29, 0.717) is 49.6 Å². The second kappa shape index (κ2) is 10.4. The van der Waals surface area contributed by atoms with Crippen LogP contribution >= 0.6 is 0 Å². The Labute approximate surface area is 163 Å². The van der Waals surface area contributed by atoms with Crippen LogP contribution in [0.25, 0.3) is 0 Å². The van der Waals surface area contributed by atoms with Crippen molar-refractivity contribution in [1.82, 2.24) is 0 Å². The molecule has 26 heavy (non-hydrogen) atoms. The zero-order chi connectivity index (χ0) is 20.0. The molecule has 0 spiro atoms. The second-order valence-electron chi connectivity index (χ2n) is 9.91. The van der Waals surface area contributed by atoms with Crippen molar-refractivity contribution in [2.45, 2.75) is 80.3 Å². The van der Waals surface area contributed by atoms with E-state index in [2.05, 4.69) is 48.5 Å². The third-order valence-electron chi connectivity index (χ3n) is 7.34. The molecular formula is C23H46O3. The SMILES string of the molecule is CCC(C)(C)C(COC)(COC)COC1C(C(C)C)CCCC1C(C)C. The molecule has 0 N–H and O–H groups in total. The number of ether oxygens (including phenoxy) is 3. The smallest absolute Gasteiger partial charge is 0.0636 e. The Morgan fingerprint density at radius 2 is 1.31 bits per heavy atom. The van der Waals surface area contributed by atoms with E-state index in [4.69, 9.17) is 14.2 Å². The summed E-state index contributed by atoms with van der Waals surface area (Å²) in [5, 5.41) is 0. The first-order valence-corrected chi connectivity index (χ1v) is 10.7. The Bertz CT molecular complexity index is 367. The molecule has 1 saturated carbocycles. The molecule has 1 aliphatic rings. The molecule has 0 bridgehead atoms. The van der Waals surface area contributed by atoms with E-state index in [1.54, 1.807) is 14.2 Å². The van der Waals surface area contributed by atoms with Gasteiger partial charge in [-0.15, -0.1) is 0 Å². The summed E-state index contributed by atoms with van der Waals surface area (Å²) in [4.78, 5) is 0. The zero-order valence-electron chi connectivity index (χ0n) is 19.1. The molecule has 2 unspecified atom stereocenters. The maximum absolute atomic E-state index is 6.83. The first-order chi connectivity index (χ1) is 12.2. The van der Waals surface area contributed by atoms with Crippen LogP contribution in [0, 0.1) is 34.5 Å². The van der Waals surface area contributed by atoms with Crippen LogP contribution in [0.1, 0.15) is 74.1 Å². The van der Waals surface area contributed by atoms with E-state index in [1.807, 2.05) is 0 Å². The maximum Gasteiger partial charge on any atom is 0.0636 e. The highest BCUT2D eigenvalue weighted by atomic mass is 16.5. The van der Waals surface area contributed by atoms with Gasteiger partial charge >= 0.3 is 0 Å². The predicted molar refractivity (Wildman–Crippen MR) is 111 cm³/mol. The largest absolute Gasteiger partial charge is 0.384 e. The molecule has 1 rings (SSSR count). The average molecular weight is 371 g/mol. The molecule has 0 aliphatic heterocycles. The van der Waals surface area contributed by atoms with Gasteiger partial charge in [-0.3, -0.25) is 0 Å². The van der Waals surface area contributed by atoms with E-state index in [0.717, 1.165) is 6.42 Å². The van der Waals surface area contributed by atoms with Crippen LogP contribution in [-0.4, -0.2) is 40.1 Å². The van der Waals surface area contributed by atoms with E-state index in [9.17, 15) is 0 Å². The van der Waals surface area contributed by atoms with Gasteiger partial charge in [-0.2, -0.15) is 0 Å². The fraction of sp³-hybridized carbons (Fsp3) is 1.00. The first kappa shape index (κ1) is 23.9. The fourth-order valence-corrected chi connectivity index (χ4v) is 4.80. The van der Waals surface area contributed by atoms with Gasteiger partial charge in [0.05, 0.1) is 25.9 Å². The summed E-state index contributed by atoms with van der Waals surface area (Å²) in [5.74, 6) is 2.65. The number of hydrogen-bond donors (Lipinski definition) is 0. The lowest BCUT2D eigenvalue weighted by Crippen LogP contribution is -2.51. The molecule has 0 saturated heterocycles. The monoisotopic (exact) mass is 370 g/mol. The minimum Gasteiger partial charge on any atom is -0.384 e. The van der Waals surface area contributed by atoms with Crippen LogP contribution in [0.2, 0.25) is 0 Å².